The summed E-state index contributed by atoms with van der Waals surface area (Å²) in [5, 5.41) is 2.97. The zero-order valence-electron chi connectivity index (χ0n) is 15.6. The number of carbonyl (C=O) groups is 3. The predicted octanol–water partition coefficient (Wildman–Crippen LogP) is 2.43. The van der Waals surface area contributed by atoms with Gasteiger partial charge in [-0.2, -0.15) is 0 Å². The van der Waals surface area contributed by atoms with Gasteiger partial charge in [0.2, 0.25) is 11.8 Å². The summed E-state index contributed by atoms with van der Waals surface area (Å²) in [6.45, 7) is 0.817. The quantitative estimate of drug-likeness (QED) is 0.682. The van der Waals surface area contributed by atoms with Gasteiger partial charge >= 0.3 is 0 Å². The molecule has 6 nitrogen and oxygen atoms in total. The number of hydrogen-bond acceptors (Lipinski definition) is 3. The maximum Gasteiger partial charge on any atom is 0.251 e. The first-order valence-corrected chi connectivity index (χ1v) is 9.55. The molecule has 0 aliphatic carbocycles. The molecule has 27 heavy (non-hydrogen) atoms. The maximum absolute atomic E-state index is 12.5. The zero-order chi connectivity index (χ0) is 19.6. The zero-order valence-corrected chi connectivity index (χ0v) is 15.6. The van der Waals surface area contributed by atoms with Crippen molar-refractivity contribution >= 4 is 17.7 Å². The van der Waals surface area contributed by atoms with Crippen molar-refractivity contribution in [1.29, 1.82) is 0 Å². The lowest BCUT2D eigenvalue weighted by Gasteiger charge is -2.25. The van der Waals surface area contributed by atoms with Crippen LogP contribution in [-0.4, -0.2) is 48.4 Å². The van der Waals surface area contributed by atoms with Crippen LogP contribution in [0.2, 0.25) is 0 Å². The van der Waals surface area contributed by atoms with Crippen molar-refractivity contribution in [2.75, 3.05) is 19.8 Å². The molecule has 0 aromatic heterocycles. The molecule has 1 aromatic rings. The third kappa shape index (κ3) is 6.66. The molecule has 7 heteroatoms. The van der Waals surface area contributed by atoms with E-state index in [1.807, 2.05) is 0 Å². The molecule has 1 atom stereocenters. The van der Waals surface area contributed by atoms with Crippen LogP contribution in [0.5, 0.6) is 0 Å². The summed E-state index contributed by atoms with van der Waals surface area (Å²) >= 11 is 0. The van der Waals surface area contributed by atoms with E-state index in [0.29, 0.717) is 44.3 Å². The highest BCUT2D eigenvalue weighted by Gasteiger charge is 2.23. The average molecular weight is 377 g/mol. The van der Waals surface area contributed by atoms with E-state index in [1.54, 1.807) is 23.1 Å². The Labute approximate surface area is 159 Å². The number of amides is 3. The normalized spacial score (nSPS) is 17.2. The van der Waals surface area contributed by atoms with Crippen molar-refractivity contribution in [3.05, 3.63) is 35.4 Å². The van der Waals surface area contributed by atoms with E-state index in [9.17, 15) is 18.8 Å². The number of halogens is 1. The van der Waals surface area contributed by atoms with Crippen molar-refractivity contribution in [2.45, 2.75) is 51.0 Å². The molecule has 1 aliphatic heterocycles. The first-order chi connectivity index (χ1) is 13.0. The average Bonchev–Trinajstić information content (AvgIpc) is 2.90. The van der Waals surface area contributed by atoms with Gasteiger partial charge in [0, 0.05) is 36.7 Å². The maximum atomic E-state index is 12.5. The van der Waals surface area contributed by atoms with Gasteiger partial charge in [0.1, 0.15) is 0 Å². The third-order valence-electron chi connectivity index (χ3n) is 4.79. The van der Waals surface area contributed by atoms with Crippen LogP contribution in [0.1, 0.15) is 65.7 Å². The van der Waals surface area contributed by atoms with Gasteiger partial charge in [-0.3, -0.25) is 18.8 Å². The third-order valence-corrected chi connectivity index (χ3v) is 4.79. The van der Waals surface area contributed by atoms with Crippen molar-refractivity contribution in [3.63, 3.8) is 0 Å². The first-order valence-electron chi connectivity index (χ1n) is 9.55. The van der Waals surface area contributed by atoms with E-state index in [-0.39, 0.29) is 30.1 Å². The van der Waals surface area contributed by atoms with Crippen LogP contribution in [0.15, 0.2) is 24.3 Å². The molecule has 148 valence electrons. The second-order valence-electron chi connectivity index (χ2n) is 6.95. The Bertz CT molecular complexity index is 666. The van der Waals surface area contributed by atoms with Crippen LogP contribution in [0.25, 0.3) is 0 Å². The van der Waals surface area contributed by atoms with E-state index in [1.165, 1.54) is 6.07 Å². The van der Waals surface area contributed by atoms with Gasteiger partial charge in [-0.25, -0.2) is 0 Å². The standard InChI is InChI=1S/C20H28FN3O3/c21-11-4-1-2-10-18(25)24-12-5-3-9-17(14-24)23-20(27)16-8-6-7-15(13-16)19(22)26/h6-8,13,17H,1-5,9-12,14H2,(H2,22,26)(H,23,27). The number of benzene rings is 1. The number of likely N-dealkylation sites (tertiary alicyclic amines) is 1. The summed E-state index contributed by atoms with van der Waals surface area (Å²) in [4.78, 5) is 38.0. The number of rotatable bonds is 8. The van der Waals surface area contributed by atoms with Crippen LogP contribution in [0.3, 0.4) is 0 Å². The molecule has 1 saturated heterocycles. The monoisotopic (exact) mass is 377 g/mol. The fourth-order valence-corrected chi connectivity index (χ4v) is 3.27. The van der Waals surface area contributed by atoms with Crippen molar-refractivity contribution in [1.82, 2.24) is 10.2 Å². The molecule has 0 spiro atoms. The molecular weight excluding hydrogens is 349 g/mol. The smallest absolute Gasteiger partial charge is 0.251 e. The van der Waals surface area contributed by atoms with Crippen LogP contribution in [-0.2, 0) is 4.79 Å². The van der Waals surface area contributed by atoms with Crippen molar-refractivity contribution in [3.8, 4) is 0 Å². The lowest BCUT2D eigenvalue weighted by molar-refractivity contribution is -0.131. The van der Waals surface area contributed by atoms with E-state index < -0.39 is 5.91 Å². The van der Waals surface area contributed by atoms with Crippen LogP contribution >= 0.6 is 0 Å². The molecule has 3 amide bonds. The van der Waals surface area contributed by atoms with E-state index in [4.69, 9.17) is 5.73 Å². The molecule has 0 saturated carbocycles. The number of carbonyl (C=O) groups excluding carboxylic acids is 3. The molecule has 1 unspecified atom stereocenters. The minimum Gasteiger partial charge on any atom is -0.366 e. The second kappa shape index (κ2) is 10.6. The number of hydrogen-bond donors (Lipinski definition) is 2. The molecule has 3 N–H and O–H groups in total. The Kier molecular flexibility index (Phi) is 8.23. The molecule has 1 heterocycles. The van der Waals surface area contributed by atoms with Crippen molar-refractivity contribution < 1.29 is 18.8 Å². The fourth-order valence-electron chi connectivity index (χ4n) is 3.27. The number of alkyl halides is 1. The Hall–Kier alpha value is -2.44. The Morgan fingerprint density at radius 3 is 2.67 bits per heavy atom. The number of unbranched alkanes of at least 4 members (excludes halogenated alkanes) is 2. The van der Waals surface area contributed by atoms with Gasteiger partial charge in [0.25, 0.3) is 5.91 Å². The fraction of sp³-hybridized carbons (Fsp3) is 0.550. The Balaban J connectivity index is 1.93. The van der Waals surface area contributed by atoms with Gasteiger partial charge < -0.3 is 16.0 Å². The van der Waals surface area contributed by atoms with Crippen LogP contribution in [0.4, 0.5) is 4.39 Å². The Morgan fingerprint density at radius 2 is 1.93 bits per heavy atom. The van der Waals surface area contributed by atoms with Gasteiger partial charge in [-0.05, 0) is 50.3 Å². The van der Waals surface area contributed by atoms with Gasteiger partial charge in [0.15, 0.2) is 0 Å². The highest BCUT2D eigenvalue weighted by molar-refractivity contribution is 5.99. The van der Waals surface area contributed by atoms with E-state index in [2.05, 4.69) is 5.32 Å². The number of nitrogens with zero attached hydrogens (tertiary/aromatic N) is 1. The number of primary amides is 1. The van der Waals surface area contributed by atoms with Gasteiger partial charge in [-0.15, -0.1) is 0 Å². The summed E-state index contributed by atoms with van der Waals surface area (Å²) in [6, 6.07) is 6.16. The molecule has 2 rings (SSSR count). The summed E-state index contributed by atoms with van der Waals surface area (Å²) in [5.41, 5.74) is 5.92. The molecule has 1 aliphatic rings. The highest BCUT2D eigenvalue weighted by atomic mass is 19.1. The lowest BCUT2D eigenvalue weighted by Crippen LogP contribution is -2.44. The minimum absolute atomic E-state index is 0.0609. The molecule has 1 aromatic carbocycles. The van der Waals surface area contributed by atoms with E-state index >= 15 is 0 Å². The Morgan fingerprint density at radius 1 is 1.15 bits per heavy atom. The molecule has 0 bridgehead atoms. The summed E-state index contributed by atoms with van der Waals surface area (Å²) < 4.78 is 12.1. The lowest BCUT2D eigenvalue weighted by atomic mass is 10.1. The van der Waals surface area contributed by atoms with Crippen LogP contribution < -0.4 is 11.1 Å². The summed E-state index contributed by atoms with van der Waals surface area (Å²) in [7, 11) is 0. The number of nitrogens with two attached hydrogens (primary N) is 1. The highest BCUT2D eigenvalue weighted by Crippen LogP contribution is 2.14. The SMILES string of the molecule is NC(=O)c1cccc(C(=O)NC2CCCCN(C(=O)CCCCCF)C2)c1. The largest absolute Gasteiger partial charge is 0.366 e. The van der Waals surface area contributed by atoms with Crippen LogP contribution in [0, 0.1) is 0 Å². The molecule has 0 radical (unpaired) electrons. The van der Waals surface area contributed by atoms with E-state index in [0.717, 1.165) is 19.3 Å². The van der Waals surface area contributed by atoms with Gasteiger partial charge in [-0.1, -0.05) is 12.5 Å². The first kappa shape index (κ1) is 20.9. The molecular formula is C20H28FN3O3. The number of nitrogens with one attached hydrogen (secondary N) is 1. The summed E-state index contributed by atoms with van der Waals surface area (Å²) in [5.74, 6) is -0.797. The molecule has 1 fully saturated rings. The predicted molar refractivity (Wildman–Crippen MR) is 101 cm³/mol. The van der Waals surface area contributed by atoms with Gasteiger partial charge in [0.05, 0.1) is 6.67 Å². The minimum atomic E-state index is -0.580. The second-order valence-corrected chi connectivity index (χ2v) is 6.95. The van der Waals surface area contributed by atoms with Crippen molar-refractivity contribution in [2.24, 2.45) is 5.73 Å². The topological polar surface area (TPSA) is 92.5 Å². The summed E-state index contributed by atoms with van der Waals surface area (Å²) in [6.07, 6.45) is 4.95.